The average Bonchev–Trinajstić information content (AvgIpc) is 3.02. The molecule has 3 nitrogen and oxygen atoms in total. The van der Waals surface area contributed by atoms with Gasteiger partial charge in [-0.05, 0) is 57.0 Å². The molecule has 2 aliphatic rings. The fraction of sp³-hybridized carbons (Fsp3) is 0.280. The smallest absolute Gasteiger partial charge is 0.182 e. The largest absolute Gasteiger partial charge is 0.474 e. The van der Waals surface area contributed by atoms with Gasteiger partial charge in [-0.25, -0.2) is 8.78 Å². The Kier molecular flexibility index (Phi) is 3.91. The summed E-state index contributed by atoms with van der Waals surface area (Å²) in [5.74, 6) is 0.102. The first-order valence-electron chi connectivity index (χ1n) is 10.0. The third kappa shape index (κ3) is 2.61. The summed E-state index contributed by atoms with van der Waals surface area (Å²) in [5.41, 5.74) is 4.89. The summed E-state index contributed by atoms with van der Waals surface area (Å²) in [6, 6.07) is 8.05. The summed E-state index contributed by atoms with van der Waals surface area (Å²) >= 11 is 0. The Bertz CT molecular complexity index is 1200. The van der Waals surface area contributed by atoms with Crippen molar-refractivity contribution in [2.24, 2.45) is 0 Å². The van der Waals surface area contributed by atoms with Gasteiger partial charge < -0.3 is 14.1 Å². The molecule has 0 radical (unpaired) electrons. The minimum Gasteiger partial charge on any atom is -0.474 e. The van der Waals surface area contributed by atoms with Crippen LogP contribution < -0.4 is 9.64 Å². The van der Waals surface area contributed by atoms with Crippen molar-refractivity contribution < 1.29 is 17.9 Å². The zero-order valence-corrected chi connectivity index (χ0v) is 17.6. The molecule has 5 heteroatoms. The third-order valence-electron chi connectivity index (χ3n) is 6.39. The molecule has 1 unspecified atom stereocenters. The lowest BCUT2D eigenvalue weighted by Gasteiger charge is -2.41. The SMILES string of the molecule is Cc1cc(C2Oc3c(F)cc(F)cc3-c3ccc4c(c32)C=CC(C)(C)N4C)oc1C. The molecule has 3 heterocycles. The summed E-state index contributed by atoms with van der Waals surface area (Å²) in [4.78, 5) is 2.19. The first-order valence-corrected chi connectivity index (χ1v) is 10.0. The number of furan rings is 1. The molecule has 154 valence electrons. The van der Waals surface area contributed by atoms with E-state index in [0.717, 1.165) is 39.8 Å². The van der Waals surface area contributed by atoms with Gasteiger partial charge in [-0.2, -0.15) is 0 Å². The number of benzene rings is 2. The second-order valence-corrected chi connectivity index (χ2v) is 8.66. The van der Waals surface area contributed by atoms with Gasteiger partial charge in [-0.1, -0.05) is 18.2 Å². The van der Waals surface area contributed by atoms with Crippen molar-refractivity contribution in [3.63, 3.8) is 0 Å². The lowest BCUT2D eigenvalue weighted by molar-refractivity contribution is 0.200. The number of nitrogens with zero attached hydrogens (tertiary/aromatic N) is 1. The monoisotopic (exact) mass is 407 g/mol. The maximum Gasteiger partial charge on any atom is 0.182 e. The number of hydrogen-bond donors (Lipinski definition) is 0. The van der Waals surface area contributed by atoms with Gasteiger partial charge in [0.1, 0.15) is 17.3 Å². The Balaban J connectivity index is 1.83. The molecule has 2 aromatic carbocycles. The minimum absolute atomic E-state index is 0.0500. The number of ether oxygens (including phenoxy) is 1. The third-order valence-corrected chi connectivity index (χ3v) is 6.39. The zero-order valence-electron chi connectivity index (χ0n) is 17.6. The van der Waals surface area contributed by atoms with E-state index in [2.05, 4.69) is 30.9 Å². The van der Waals surface area contributed by atoms with Crippen LogP contribution in [0.5, 0.6) is 5.75 Å². The summed E-state index contributed by atoms with van der Waals surface area (Å²) in [6.07, 6.45) is 3.58. The molecule has 2 aliphatic heterocycles. The van der Waals surface area contributed by atoms with Crippen LogP contribution in [0.4, 0.5) is 14.5 Å². The van der Waals surface area contributed by atoms with Crippen LogP contribution in [-0.4, -0.2) is 12.6 Å². The standard InChI is InChI=1S/C25H23F2NO2/c1-13-10-21(29-14(13)2)24-22-16(18-11-15(26)12-19(27)23(18)30-24)6-7-20-17(22)8-9-25(3,4)28(20)5/h6-12,24H,1-5H3. The van der Waals surface area contributed by atoms with Gasteiger partial charge in [0.05, 0.1) is 5.54 Å². The normalized spacial score (nSPS) is 18.5. The molecule has 1 atom stereocenters. The van der Waals surface area contributed by atoms with Gasteiger partial charge in [-0.15, -0.1) is 0 Å². The Labute approximate surface area is 174 Å². The second-order valence-electron chi connectivity index (χ2n) is 8.66. The lowest BCUT2D eigenvalue weighted by Crippen LogP contribution is -2.41. The topological polar surface area (TPSA) is 25.6 Å². The van der Waals surface area contributed by atoms with Crippen molar-refractivity contribution in [3.8, 4) is 16.9 Å². The molecule has 0 amide bonds. The summed E-state index contributed by atoms with van der Waals surface area (Å²) < 4.78 is 40.9. The highest BCUT2D eigenvalue weighted by atomic mass is 19.1. The van der Waals surface area contributed by atoms with Gasteiger partial charge in [0.2, 0.25) is 0 Å². The molecule has 0 spiro atoms. The van der Waals surface area contributed by atoms with E-state index in [0.29, 0.717) is 11.3 Å². The number of fused-ring (bicyclic) bond motifs is 5. The summed E-state index contributed by atoms with van der Waals surface area (Å²) in [7, 11) is 2.04. The maximum absolute atomic E-state index is 14.7. The highest BCUT2D eigenvalue weighted by Gasteiger charge is 2.37. The first kappa shape index (κ1) is 18.9. The highest BCUT2D eigenvalue weighted by molar-refractivity contribution is 5.86. The van der Waals surface area contributed by atoms with E-state index in [9.17, 15) is 8.78 Å². The fourth-order valence-corrected chi connectivity index (χ4v) is 4.31. The Morgan fingerprint density at radius 1 is 1.03 bits per heavy atom. The van der Waals surface area contributed by atoms with Crippen LogP contribution >= 0.6 is 0 Å². The number of anilines is 1. The average molecular weight is 407 g/mol. The number of likely N-dealkylation sites (N-methyl/N-ethyl adjacent to an activating group) is 1. The fourth-order valence-electron chi connectivity index (χ4n) is 4.31. The van der Waals surface area contributed by atoms with Crippen LogP contribution in [0.2, 0.25) is 0 Å². The van der Waals surface area contributed by atoms with Crippen LogP contribution in [0.1, 0.15) is 48.2 Å². The van der Waals surface area contributed by atoms with Crippen molar-refractivity contribution in [2.45, 2.75) is 39.3 Å². The molecule has 0 fully saturated rings. The number of hydrogen-bond acceptors (Lipinski definition) is 3. The Morgan fingerprint density at radius 2 is 1.80 bits per heavy atom. The van der Waals surface area contributed by atoms with Crippen molar-refractivity contribution in [1.29, 1.82) is 0 Å². The van der Waals surface area contributed by atoms with Gasteiger partial charge in [0.25, 0.3) is 0 Å². The molecular formula is C25H23F2NO2. The summed E-state index contributed by atoms with van der Waals surface area (Å²) in [5, 5.41) is 0. The van der Waals surface area contributed by atoms with Gasteiger partial charge in [0.15, 0.2) is 17.7 Å². The van der Waals surface area contributed by atoms with E-state index in [1.165, 1.54) is 6.07 Å². The van der Waals surface area contributed by atoms with E-state index < -0.39 is 17.7 Å². The molecule has 0 N–H and O–H groups in total. The molecule has 0 bridgehead atoms. The maximum atomic E-state index is 14.7. The van der Waals surface area contributed by atoms with Crippen LogP contribution in [0.3, 0.4) is 0 Å². The van der Waals surface area contributed by atoms with E-state index in [4.69, 9.17) is 9.15 Å². The predicted molar refractivity (Wildman–Crippen MR) is 114 cm³/mol. The quantitative estimate of drug-likeness (QED) is 0.456. The Hall–Kier alpha value is -3.08. The van der Waals surface area contributed by atoms with Crippen LogP contribution in [0, 0.1) is 25.5 Å². The predicted octanol–water partition coefficient (Wildman–Crippen LogP) is 6.57. The molecule has 0 saturated carbocycles. The van der Waals surface area contributed by atoms with Crippen molar-refractivity contribution in [2.75, 3.05) is 11.9 Å². The molecule has 1 aromatic heterocycles. The van der Waals surface area contributed by atoms with Gasteiger partial charge >= 0.3 is 0 Å². The van der Waals surface area contributed by atoms with Crippen molar-refractivity contribution >= 4 is 11.8 Å². The number of halogens is 2. The van der Waals surface area contributed by atoms with Gasteiger partial charge in [0, 0.05) is 35.5 Å². The molecule has 0 saturated heterocycles. The van der Waals surface area contributed by atoms with E-state index in [1.54, 1.807) is 0 Å². The molecule has 5 rings (SSSR count). The molecular weight excluding hydrogens is 384 g/mol. The lowest BCUT2D eigenvalue weighted by atomic mass is 9.83. The highest BCUT2D eigenvalue weighted by Crippen LogP contribution is 2.51. The Morgan fingerprint density at radius 3 is 2.50 bits per heavy atom. The van der Waals surface area contributed by atoms with Crippen LogP contribution in [0.25, 0.3) is 17.2 Å². The molecule has 3 aromatic rings. The van der Waals surface area contributed by atoms with Crippen molar-refractivity contribution in [3.05, 3.63) is 76.3 Å². The second kappa shape index (κ2) is 6.21. The van der Waals surface area contributed by atoms with Crippen molar-refractivity contribution in [1.82, 2.24) is 0 Å². The zero-order chi connectivity index (χ0) is 21.4. The molecule has 30 heavy (non-hydrogen) atoms. The first-order chi connectivity index (χ1) is 14.2. The molecule has 0 aliphatic carbocycles. The number of aryl methyl sites for hydroxylation is 2. The van der Waals surface area contributed by atoms with E-state index >= 15 is 0 Å². The van der Waals surface area contributed by atoms with E-state index in [1.807, 2.05) is 39.1 Å². The van der Waals surface area contributed by atoms with Gasteiger partial charge in [-0.3, -0.25) is 0 Å². The van der Waals surface area contributed by atoms with Crippen LogP contribution in [-0.2, 0) is 0 Å². The number of rotatable bonds is 1. The van der Waals surface area contributed by atoms with Crippen LogP contribution in [0.15, 0.2) is 40.8 Å². The minimum atomic E-state index is -0.716. The summed E-state index contributed by atoms with van der Waals surface area (Å²) in [6.45, 7) is 8.13. The van der Waals surface area contributed by atoms with E-state index in [-0.39, 0.29) is 11.3 Å².